The molecule has 9 heteroatoms. The Bertz CT molecular complexity index is 1000. The molecule has 0 aliphatic carbocycles. The van der Waals surface area contributed by atoms with Crippen molar-refractivity contribution in [1.29, 1.82) is 0 Å². The van der Waals surface area contributed by atoms with Gasteiger partial charge in [-0.25, -0.2) is 4.79 Å². The van der Waals surface area contributed by atoms with Gasteiger partial charge in [-0.1, -0.05) is 168 Å². The molecule has 2 N–H and O–H groups in total. The van der Waals surface area contributed by atoms with Crippen LogP contribution in [0.2, 0.25) is 0 Å². The van der Waals surface area contributed by atoms with Crippen LogP contribution in [0.1, 0.15) is 258 Å². The van der Waals surface area contributed by atoms with Gasteiger partial charge in [0.05, 0.1) is 13.2 Å². The van der Waals surface area contributed by atoms with Crippen molar-refractivity contribution in [3.05, 3.63) is 5.76 Å². The lowest BCUT2D eigenvalue weighted by molar-refractivity contribution is -0.144. The second-order valence-corrected chi connectivity index (χ2v) is 18.3. The largest absolute Gasteiger partial charge is 0.487 e. The van der Waals surface area contributed by atoms with Crippen LogP contribution < -0.4 is 0 Å². The second-order valence-electron chi connectivity index (χ2n) is 18.3. The summed E-state index contributed by atoms with van der Waals surface area (Å²) in [5, 5.41) is 18.4. The van der Waals surface area contributed by atoms with E-state index in [1.807, 2.05) is 5.94 Å². The number of aliphatic hydroxyl groups is 1. The highest BCUT2D eigenvalue weighted by molar-refractivity contribution is 5.69. The van der Waals surface area contributed by atoms with Crippen LogP contribution in [0.25, 0.3) is 0 Å². The summed E-state index contributed by atoms with van der Waals surface area (Å²) in [4.78, 5) is 39.9. The third-order valence-corrected chi connectivity index (χ3v) is 12.3. The van der Waals surface area contributed by atoms with Crippen molar-refractivity contribution >= 4 is 17.9 Å². The Morgan fingerprint density at radius 2 is 0.742 bits per heavy atom. The minimum atomic E-state index is -0.707. The van der Waals surface area contributed by atoms with E-state index in [9.17, 15) is 19.5 Å². The molecular weight excluding hydrogens is 777 g/mol. The summed E-state index contributed by atoms with van der Waals surface area (Å²) in [5.41, 5.74) is 0. The van der Waals surface area contributed by atoms with Gasteiger partial charge in [-0.15, -0.1) is 0 Å². The number of carboxylic acids is 1. The number of carbonyl (C=O) groups is 2. The summed E-state index contributed by atoms with van der Waals surface area (Å²) in [6.07, 6.45) is 42.4. The van der Waals surface area contributed by atoms with Gasteiger partial charge in [-0.2, -0.15) is 0 Å². The van der Waals surface area contributed by atoms with Crippen LogP contribution in [-0.4, -0.2) is 97.0 Å². The maximum Gasteiger partial charge on any atom is 0.305 e. The lowest BCUT2D eigenvalue weighted by Crippen LogP contribution is -2.32. The Kier molecular flexibility index (Phi) is 48.5. The number of carbonyl (C=O) groups excluding carboxylic acids is 2. The molecule has 0 radical (unpaired) electrons. The highest BCUT2D eigenvalue weighted by atomic mass is 16.5. The van der Waals surface area contributed by atoms with Crippen LogP contribution in [-0.2, 0) is 23.9 Å². The monoisotopic (exact) mass is 879 g/mol. The standard InChI is InChI=1S/C53H102N2O7/c1-3-5-7-9-11-13-15-17-25-35-48-61-51(50-57)38-27-19-22-30-43-55(44-33-34-47-56)46-37-45-54(41-31-23-20-28-39-52(58)59)42-32-24-21-29-40-53(60)62-49-36-26-18-16-14-12-10-8-6-4-2/h56H,3-49H2,1-2H3,(H,58,59). The van der Waals surface area contributed by atoms with E-state index >= 15 is 0 Å². The van der Waals surface area contributed by atoms with E-state index in [4.69, 9.17) is 14.6 Å². The van der Waals surface area contributed by atoms with Gasteiger partial charge in [0.2, 0.25) is 0 Å². The number of rotatable bonds is 52. The molecule has 0 spiro atoms. The van der Waals surface area contributed by atoms with E-state index in [1.54, 1.807) is 0 Å². The molecule has 366 valence electrons. The van der Waals surface area contributed by atoms with Crippen LogP contribution in [0.15, 0.2) is 5.76 Å². The zero-order valence-corrected chi connectivity index (χ0v) is 41.1. The highest BCUT2D eigenvalue weighted by Gasteiger charge is 2.10. The fraction of sp³-hybridized carbons (Fsp3) is 0.925. The third-order valence-electron chi connectivity index (χ3n) is 12.3. The van der Waals surface area contributed by atoms with E-state index < -0.39 is 5.97 Å². The van der Waals surface area contributed by atoms with E-state index in [-0.39, 0.29) is 19.0 Å². The summed E-state index contributed by atoms with van der Waals surface area (Å²) in [6.45, 7) is 12.2. The van der Waals surface area contributed by atoms with E-state index in [0.29, 0.717) is 31.8 Å². The molecule has 0 aromatic heterocycles. The zero-order valence-electron chi connectivity index (χ0n) is 41.1. The number of ether oxygens (including phenoxy) is 2. The summed E-state index contributed by atoms with van der Waals surface area (Å²) in [6, 6.07) is 0. The van der Waals surface area contributed by atoms with Gasteiger partial charge < -0.3 is 29.5 Å². The summed E-state index contributed by atoms with van der Waals surface area (Å²) < 4.78 is 11.3. The number of hydrogen-bond acceptors (Lipinski definition) is 8. The van der Waals surface area contributed by atoms with Crippen molar-refractivity contribution < 1.29 is 34.1 Å². The summed E-state index contributed by atoms with van der Waals surface area (Å²) in [7, 11) is 0. The first-order valence-electron chi connectivity index (χ1n) is 26.8. The predicted octanol–water partition coefficient (Wildman–Crippen LogP) is 13.8. The van der Waals surface area contributed by atoms with Crippen molar-refractivity contribution in [3.8, 4) is 0 Å². The number of unbranched alkanes of at least 4 members (excludes halogenated alkanes) is 28. The minimum Gasteiger partial charge on any atom is -0.487 e. The van der Waals surface area contributed by atoms with Gasteiger partial charge in [0, 0.05) is 25.9 Å². The molecule has 0 unspecified atom stereocenters. The first-order chi connectivity index (χ1) is 30.5. The first kappa shape index (κ1) is 60.1. The fourth-order valence-electron chi connectivity index (χ4n) is 8.32. The highest BCUT2D eigenvalue weighted by Crippen LogP contribution is 2.15. The van der Waals surface area contributed by atoms with Crippen LogP contribution in [0.5, 0.6) is 0 Å². The van der Waals surface area contributed by atoms with E-state index in [2.05, 4.69) is 23.6 Å². The number of carboxylic acid groups (broad SMARTS) is 1. The van der Waals surface area contributed by atoms with Crippen molar-refractivity contribution in [2.75, 3.05) is 59.1 Å². The van der Waals surface area contributed by atoms with E-state index in [1.165, 1.54) is 109 Å². The first-order valence-corrected chi connectivity index (χ1v) is 26.8. The number of aliphatic carboxylic acids is 1. The molecule has 0 aromatic rings. The molecule has 0 heterocycles. The normalized spacial score (nSPS) is 11.4. The maximum atomic E-state index is 12.3. The van der Waals surface area contributed by atoms with Gasteiger partial charge in [0.15, 0.2) is 11.7 Å². The average Bonchev–Trinajstić information content (AvgIpc) is 3.26. The van der Waals surface area contributed by atoms with Crippen LogP contribution in [0.3, 0.4) is 0 Å². The maximum absolute atomic E-state index is 12.3. The number of allylic oxidation sites excluding steroid dienone is 1. The van der Waals surface area contributed by atoms with Gasteiger partial charge in [0.1, 0.15) is 0 Å². The lowest BCUT2D eigenvalue weighted by atomic mass is 10.1. The van der Waals surface area contributed by atoms with Gasteiger partial charge >= 0.3 is 11.9 Å². The molecule has 0 rings (SSSR count). The van der Waals surface area contributed by atoms with Gasteiger partial charge in [-0.3, -0.25) is 9.59 Å². The van der Waals surface area contributed by atoms with Gasteiger partial charge in [-0.05, 0) is 110 Å². The second kappa shape index (κ2) is 50.1. The van der Waals surface area contributed by atoms with Crippen molar-refractivity contribution in [2.45, 2.75) is 258 Å². The van der Waals surface area contributed by atoms with Crippen LogP contribution >= 0.6 is 0 Å². The van der Waals surface area contributed by atoms with Crippen molar-refractivity contribution in [1.82, 2.24) is 9.80 Å². The zero-order chi connectivity index (χ0) is 45.2. The van der Waals surface area contributed by atoms with Crippen molar-refractivity contribution in [3.63, 3.8) is 0 Å². The molecule has 0 atom stereocenters. The smallest absolute Gasteiger partial charge is 0.305 e. The van der Waals surface area contributed by atoms with Crippen LogP contribution in [0, 0.1) is 0 Å². The SMILES string of the molecule is CCCCCCCCCCCCOC(=O)CCCCCCN(CCCCCCC(=O)O)CCCN(CCCCO)CCCCCCC(=C=O)OCCCCCCCCCCCC. The Morgan fingerprint density at radius 3 is 1.16 bits per heavy atom. The Morgan fingerprint density at radius 1 is 0.403 bits per heavy atom. The van der Waals surface area contributed by atoms with E-state index in [0.717, 1.165) is 155 Å². The number of hydrogen-bond donors (Lipinski definition) is 2. The minimum absolute atomic E-state index is 0.0437. The quantitative estimate of drug-likeness (QED) is 0.0267. The number of nitrogens with zero attached hydrogens (tertiary/aromatic N) is 2. The number of esters is 1. The molecule has 0 aromatic carbocycles. The molecule has 0 aliphatic rings. The van der Waals surface area contributed by atoms with Gasteiger partial charge in [0.25, 0.3) is 0 Å². The number of aliphatic hydroxyl groups excluding tert-OH is 1. The molecule has 0 amide bonds. The Balaban J connectivity index is 4.41. The predicted molar refractivity (Wildman–Crippen MR) is 261 cm³/mol. The summed E-state index contributed by atoms with van der Waals surface area (Å²) in [5.74, 6) is 1.79. The fourth-order valence-corrected chi connectivity index (χ4v) is 8.32. The molecule has 0 bridgehead atoms. The Hall–Kier alpha value is -1.93. The molecule has 0 aliphatic heterocycles. The molecule has 62 heavy (non-hydrogen) atoms. The van der Waals surface area contributed by atoms with Crippen molar-refractivity contribution in [2.24, 2.45) is 0 Å². The molecule has 0 fully saturated rings. The Labute approximate surface area is 383 Å². The van der Waals surface area contributed by atoms with Crippen LogP contribution in [0.4, 0.5) is 0 Å². The molecule has 9 nitrogen and oxygen atoms in total. The molecule has 0 saturated heterocycles. The molecular formula is C53H102N2O7. The lowest BCUT2D eigenvalue weighted by Gasteiger charge is -2.26. The molecule has 0 saturated carbocycles. The summed E-state index contributed by atoms with van der Waals surface area (Å²) >= 11 is 0. The average molecular weight is 879 g/mol. The topological polar surface area (TPSA) is 117 Å². The third kappa shape index (κ3) is 46.1.